The topological polar surface area (TPSA) is 50.4 Å². The van der Waals surface area contributed by atoms with E-state index in [2.05, 4.69) is 26.6 Å². The molecule has 0 aromatic heterocycles. The number of anilines is 1. The first kappa shape index (κ1) is 17.5. The van der Waals surface area contributed by atoms with Crippen LogP contribution in [0.5, 0.6) is 5.75 Å². The van der Waals surface area contributed by atoms with Gasteiger partial charge in [-0.25, -0.2) is 0 Å². The molecule has 0 radical (unpaired) electrons. The average molecular weight is 377 g/mol. The molecule has 0 saturated heterocycles. The third-order valence-corrected chi connectivity index (χ3v) is 3.99. The van der Waals surface area contributed by atoms with Crippen LogP contribution in [0.2, 0.25) is 0 Å². The molecular formula is C18H21BrN2O2. The number of amides is 1. The molecule has 0 fully saturated rings. The summed E-state index contributed by atoms with van der Waals surface area (Å²) in [4.78, 5) is 11.9. The zero-order chi connectivity index (χ0) is 16.7. The number of ether oxygens (including phenoxy) is 1. The Bertz CT molecular complexity index is 657. The lowest BCUT2D eigenvalue weighted by Crippen LogP contribution is -2.29. The SMILES string of the molecule is COc1ccc(CCNCC(=O)Nc2ccc(Br)cc2C)cc1. The van der Waals surface area contributed by atoms with Gasteiger partial charge >= 0.3 is 0 Å². The summed E-state index contributed by atoms with van der Waals surface area (Å²) in [5.74, 6) is 0.816. The summed E-state index contributed by atoms with van der Waals surface area (Å²) < 4.78 is 6.13. The van der Waals surface area contributed by atoms with E-state index in [1.54, 1.807) is 7.11 Å². The van der Waals surface area contributed by atoms with Gasteiger partial charge in [0.15, 0.2) is 0 Å². The number of carbonyl (C=O) groups excluding carboxylic acids is 1. The maximum atomic E-state index is 11.9. The van der Waals surface area contributed by atoms with E-state index in [0.717, 1.165) is 34.4 Å². The fourth-order valence-corrected chi connectivity index (χ4v) is 2.66. The van der Waals surface area contributed by atoms with E-state index >= 15 is 0 Å². The Hall–Kier alpha value is -1.85. The molecule has 2 rings (SSSR count). The Morgan fingerprint density at radius 1 is 1.17 bits per heavy atom. The van der Waals surface area contributed by atoms with Crippen molar-refractivity contribution in [3.8, 4) is 5.75 Å². The molecule has 1 amide bonds. The van der Waals surface area contributed by atoms with E-state index in [-0.39, 0.29) is 5.91 Å². The third-order valence-electron chi connectivity index (χ3n) is 3.50. The summed E-state index contributed by atoms with van der Waals surface area (Å²) in [5.41, 5.74) is 3.09. The van der Waals surface area contributed by atoms with E-state index in [1.807, 2.05) is 49.4 Å². The summed E-state index contributed by atoms with van der Waals surface area (Å²) >= 11 is 3.41. The Morgan fingerprint density at radius 3 is 2.57 bits per heavy atom. The molecular weight excluding hydrogens is 356 g/mol. The second-order valence-corrected chi connectivity index (χ2v) is 6.20. The first-order valence-corrected chi connectivity index (χ1v) is 8.27. The van der Waals surface area contributed by atoms with Crippen LogP contribution in [-0.4, -0.2) is 26.1 Å². The maximum absolute atomic E-state index is 11.9. The average Bonchev–Trinajstić information content (AvgIpc) is 2.55. The minimum atomic E-state index is -0.0369. The van der Waals surface area contributed by atoms with E-state index < -0.39 is 0 Å². The fourth-order valence-electron chi connectivity index (χ4n) is 2.19. The van der Waals surface area contributed by atoms with E-state index in [9.17, 15) is 4.79 Å². The van der Waals surface area contributed by atoms with Crippen molar-refractivity contribution in [2.45, 2.75) is 13.3 Å². The summed E-state index contributed by atoms with van der Waals surface area (Å²) in [6.07, 6.45) is 0.870. The van der Waals surface area contributed by atoms with Crippen LogP contribution in [-0.2, 0) is 11.2 Å². The van der Waals surface area contributed by atoms with Gasteiger partial charge in [0.05, 0.1) is 13.7 Å². The molecule has 2 aromatic carbocycles. The minimum absolute atomic E-state index is 0.0369. The highest BCUT2D eigenvalue weighted by Crippen LogP contribution is 2.19. The number of aryl methyl sites for hydroxylation is 1. The number of halogens is 1. The van der Waals surface area contributed by atoms with Gasteiger partial charge in [-0.1, -0.05) is 28.1 Å². The second-order valence-electron chi connectivity index (χ2n) is 5.28. The fraction of sp³-hybridized carbons (Fsp3) is 0.278. The summed E-state index contributed by atoms with van der Waals surface area (Å²) in [5, 5.41) is 6.07. The van der Waals surface area contributed by atoms with Gasteiger partial charge < -0.3 is 15.4 Å². The van der Waals surface area contributed by atoms with Crippen LogP contribution in [0.3, 0.4) is 0 Å². The van der Waals surface area contributed by atoms with Gasteiger partial charge in [0.2, 0.25) is 5.91 Å². The van der Waals surface area contributed by atoms with Crippen LogP contribution in [0.1, 0.15) is 11.1 Å². The Kier molecular flexibility index (Phi) is 6.62. The number of rotatable bonds is 7. The predicted molar refractivity (Wildman–Crippen MR) is 97.1 cm³/mol. The number of hydrogen-bond acceptors (Lipinski definition) is 3. The van der Waals surface area contributed by atoms with Crippen molar-refractivity contribution in [2.24, 2.45) is 0 Å². The van der Waals surface area contributed by atoms with Gasteiger partial charge in [0.25, 0.3) is 0 Å². The summed E-state index contributed by atoms with van der Waals surface area (Å²) in [6, 6.07) is 13.7. The van der Waals surface area contributed by atoms with Gasteiger partial charge in [-0.3, -0.25) is 4.79 Å². The number of hydrogen-bond donors (Lipinski definition) is 2. The minimum Gasteiger partial charge on any atom is -0.497 e. The molecule has 0 atom stereocenters. The van der Waals surface area contributed by atoms with Gasteiger partial charge in [-0.15, -0.1) is 0 Å². The Labute approximate surface area is 145 Å². The molecule has 122 valence electrons. The lowest BCUT2D eigenvalue weighted by Gasteiger charge is -2.10. The van der Waals surface area contributed by atoms with Crippen molar-refractivity contribution in [3.63, 3.8) is 0 Å². The maximum Gasteiger partial charge on any atom is 0.238 e. The molecule has 2 aromatic rings. The highest BCUT2D eigenvalue weighted by atomic mass is 79.9. The molecule has 0 spiro atoms. The number of carbonyl (C=O) groups is 1. The van der Waals surface area contributed by atoms with E-state index in [0.29, 0.717) is 6.54 Å². The Balaban J connectivity index is 1.72. The smallest absolute Gasteiger partial charge is 0.238 e. The van der Waals surface area contributed by atoms with Crippen LogP contribution >= 0.6 is 15.9 Å². The molecule has 4 nitrogen and oxygen atoms in total. The van der Waals surface area contributed by atoms with Crippen molar-refractivity contribution in [2.75, 3.05) is 25.5 Å². The zero-order valence-electron chi connectivity index (χ0n) is 13.4. The van der Waals surface area contributed by atoms with Crippen molar-refractivity contribution in [1.82, 2.24) is 5.32 Å². The highest BCUT2D eigenvalue weighted by Gasteiger charge is 2.04. The molecule has 0 saturated carbocycles. The predicted octanol–water partition coefficient (Wildman–Crippen LogP) is 3.54. The van der Waals surface area contributed by atoms with Crippen LogP contribution in [0.4, 0.5) is 5.69 Å². The quantitative estimate of drug-likeness (QED) is 0.726. The van der Waals surface area contributed by atoms with Gasteiger partial charge in [0, 0.05) is 10.2 Å². The molecule has 0 bridgehead atoms. The van der Waals surface area contributed by atoms with Crippen LogP contribution < -0.4 is 15.4 Å². The zero-order valence-corrected chi connectivity index (χ0v) is 14.9. The molecule has 23 heavy (non-hydrogen) atoms. The standard InChI is InChI=1S/C18H21BrN2O2/c1-13-11-15(19)5-8-17(13)21-18(22)12-20-10-9-14-3-6-16(23-2)7-4-14/h3-8,11,20H,9-10,12H2,1-2H3,(H,21,22). The monoisotopic (exact) mass is 376 g/mol. The van der Waals surface area contributed by atoms with E-state index in [4.69, 9.17) is 4.74 Å². The normalized spacial score (nSPS) is 10.4. The molecule has 0 aliphatic carbocycles. The van der Waals surface area contributed by atoms with Crippen LogP contribution in [0, 0.1) is 6.92 Å². The first-order valence-electron chi connectivity index (χ1n) is 7.48. The number of methoxy groups -OCH3 is 1. The first-order chi connectivity index (χ1) is 11.1. The molecule has 0 aliphatic heterocycles. The summed E-state index contributed by atoms with van der Waals surface area (Å²) in [7, 11) is 1.66. The lowest BCUT2D eigenvalue weighted by atomic mass is 10.1. The largest absolute Gasteiger partial charge is 0.497 e. The van der Waals surface area contributed by atoms with Crippen molar-refractivity contribution >= 4 is 27.5 Å². The summed E-state index contributed by atoms with van der Waals surface area (Å²) in [6.45, 7) is 3.02. The molecule has 2 N–H and O–H groups in total. The number of benzene rings is 2. The van der Waals surface area contributed by atoms with Gasteiger partial charge in [-0.05, 0) is 61.3 Å². The molecule has 5 heteroatoms. The van der Waals surface area contributed by atoms with Crippen molar-refractivity contribution in [3.05, 3.63) is 58.1 Å². The lowest BCUT2D eigenvalue weighted by molar-refractivity contribution is -0.115. The van der Waals surface area contributed by atoms with Gasteiger partial charge in [-0.2, -0.15) is 0 Å². The van der Waals surface area contributed by atoms with Crippen molar-refractivity contribution < 1.29 is 9.53 Å². The Morgan fingerprint density at radius 2 is 1.91 bits per heavy atom. The van der Waals surface area contributed by atoms with Crippen molar-refractivity contribution in [1.29, 1.82) is 0 Å². The molecule has 0 aliphatic rings. The third kappa shape index (κ3) is 5.69. The van der Waals surface area contributed by atoms with Crippen LogP contribution in [0.15, 0.2) is 46.9 Å². The van der Waals surface area contributed by atoms with E-state index in [1.165, 1.54) is 5.56 Å². The second kappa shape index (κ2) is 8.70. The molecule has 0 heterocycles. The van der Waals surface area contributed by atoms with Gasteiger partial charge in [0.1, 0.15) is 5.75 Å². The van der Waals surface area contributed by atoms with Crippen LogP contribution in [0.25, 0.3) is 0 Å². The number of nitrogens with one attached hydrogen (secondary N) is 2. The molecule has 0 unspecified atom stereocenters. The highest BCUT2D eigenvalue weighted by molar-refractivity contribution is 9.10.